The fourth-order valence-corrected chi connectivity index (χ4v) is 2.50. The van der Waals surface area contributed by atoms with Gasteiger partial charge in [-0.15, -0.1) is 0 Å². The van der Waals surface area contributed by atoms with Crippen LogP contribution in [-0.2, 0) is 4.79 Å². The molecule has 1 aliphatic carbocycles. The molecule has 0 spiro atoms. The highest BCUT2D eigenvalue weighted by Gasteiger charge is 2.29. The van der Waals surface area contributed by atoms with Crippen molar-refractivity contribution in [1.82, 2.24) is 15.5 Å². The summed E-state index contributed by atoms with van der Waals surface area (Å²) >= 11 is 0. The Morgan fingerprint density at radius 3 is 2.86 bits per heavy atom. The summed E-state index contributed by atoms with van der Waals surface area (Å²) in [7, 11) is 0. The quantitative estimate of drug-likeness (QED) is 0.875. The van der Waals surface area contributed by atoms with Crippen molar-refractivity contribution in [2.24, 2.45) is 0 Å². The number of aryl methyl sites for hydroxylation is 1. The predicted molar refractivity (Wildman–Crippen MR) is 77.7 cm³/mol. The van der Waals surface area contributed by atoms with Crippen LogP contribution in [0.25, 0.3) is 11.1 Å². The number of hydrogen-bond acceptors (Lipinski definition) is 5. The van der Waals surface area contributed by atoms with Crippen molar-refractivity contribution in [2.75, 3.05) is 0 Å². The van der Waals surface area contributed by atoms with Crippen LogP contribution in [0.3, 0.4) is 0 Å². The van der Waals surface area contributed by atoms with E-state index in [0.29, 0.717) is 28.3 Å². The molecular formula is C15H17N3O4. The van der Waals surface area contributed by atoms with Gasteiger partial charge in [0.05, 0.1) is 23.1 Å². The maximum atomic E-state index is 12.5. The minimum absolute atomic E-state index is 0.127. The van der Waals surface area contributed by atoms with Gasteiger partial charge in [0.2, 0.25) is 0 Å². The second-order valence-corrected chi connectivity index (χ2v) is 5.79. The third-order valence-electron chi connectivity index (χ3n) is 3.74. The molecule has 116 valence electrons. The van der Waals surface area contributed by atoms with E-state index in [-0.39, 0.29) is 12.3 Å². The van der Waals surface area contributed by atoms with Gasteiger partial charge >= 0.3 is 5.97 Å². The Labute approximate surface area is 126 Å². The molecule has 2 heterocycles. The molecule has 1 saturated carbocycles. The van der Waals surface area contributed by atoms with E-state index in [4.69, 9.17) is 9.63 Å². The van der Waals surface area contributed by atoms with Crippen molar-refractivity contribution in [2.45, 2.75) is 45.1 Å². The van der Waals surface area contributed by atoms with Gasteiger partial charge in [-0.2, -0.15) is 0 Å². The standard InChI is InChI=1S/C15H17N3O4/c1-7(5-12(19)20)16-14(21)10-6-11(9-3-4-9)17-15-13(10)8(2)18-22-15/h6-7,9H,3-5H2,1-2H3,(H,16,21)(H,19,20). The van der Waals surface area contributed by atoms with Crippen molar-refractivity contribution < 1.29 is 19.2 Å². The molecule has 1 fully saturated rings. The molecule has 0 radical (unpaired) electrons. The summed E-state index contributed by atoms with van der Waals surface area (Å²) in [5.41, 5.74) is 2.24. The van der Waals surface area contributed by atoms with Crippen LogP contribution < -0.4 is 5.32 Å². The summed E-state index contributed by atoms with van der Waals surface area (Å²) in [5, 5.41) is 16.0. The number of carboxylic acid groups (broad SMARTS) is 1. The molecule has 1 amide bonds. The van der Waals surface area contributed by atoms with Crippen LogP contribution in [0.5, 0.6) is 0 Å². The van der Waals surface area contributed by atoms with Crippen LogP contribution in [0.2, 0.25) is 0 Å². The zero-order valence-corrected chi connectivity index (χ0v) is 12.4. The number of fused-ring (bicyclic) bond motifs is 1. The summed E-state index contributed by atoms with van der Waals surface area (Å²) in [6.45, 7) is 3.41. The largest absolute Gasteiger partial charge is 0.481 e. The van der Waals surface area contributed by atoms with Gasteiger partial charge in [0.15, 0.2) is 0 Å². The summed E-state index contributed by atoms with van der Waals surface area (Å²) in [6, 6.07) is 1.31. The first-order chi connectivity index (χ1) is 10.5. The summed E-state index contributed by atoms with van der Waals surface area (Å²) in [4.78, 5) is 27.6. The number of aliphatic carboxylic acids is 1. The van der Waals surface area contributed by atoms with Gasteiger partial charge in [-0.1, -0.05) is 5.16 Å². The number of nitrogens with one attached hydrogen (secondary N) is 1. The van der Waals surface area contributed by atoms with E-state index >= 15 is 0 Å². The third-order valence-corrected chi connectivity index (χ3v) is 3.74. The van der Waals surface area contributed by atoms with Crippen LogP contribution in [0.15, 0.2) is 10.6 Å². The van der Waals surface area contributed by atoms with Crippen molar-refractivity contribution >= 4 is 23.0 Å². The van der Waals surface area contributed by atoms with E-state index in [1.807, 2.05) is 0 Å². The molecule has 7 heteroatoms. The summed E-state index contributed by atoms with van der Waals surface area (Å²) in [6.07, 6.45) is 1.99. The highest BCUT2D eigenvalue weighted by Crippen LogP contribution is 2.40. The minimum atomic E-state index is -0.951. The molecule has 0 saturated heterocycles. The van der Waals surface area contributed by atoms with E-state index in [2.05, 4.69) is 15.5 Å². The number of carboxylic acids is 1. The van der Waals surface area contributed by atoms with Gasteiger partial charge in [-0.25, -0.2) is 4.98 Å². The molecule has 2 N–H and O–H groups in total. The summed E-state index contributed by atoms with van der Waals surface area (Å²) in [5.74, 6) is -0.903. The van der Waals surface area contributed by atoms with Crippen LogP contribution in [0, 0.1) is 6.92 Å². The van der Waals surface area contributed by atoms with E-state index in [9.17, 15) is 9.59 Å². The molecule has 1 unspecified atom stereocenters. The molecule has 3 rings (SSSR count). The maximum absolute atomic E-state index is 12.5. The Morgan fingerprint density at radius 1 is 1.50 bits per heavy atom. The van der Waals surface area contributed by atoms with Crippen LogP contribution in [0.4, 0.5) is 0 Å². The van der Waals surface area contributed by atoms with Crippen molar-refractivity contribution in [3.63, 3.8) is 0 Å². The molecule has 1 atom stereocenters. The first-order valence-corrected chi connectivity index (χ1v) is 7.25. The van der Waals surface area contributed by atoms with Gasteiger partial charge in [0.1, 0.15) is 0 Å². The fourth-order valence-electron chi connectivity index (χ4n) is 2.50. The first kappa shape index (κ1) is 14.5. The van der Waals surface area contributed by atoms with Gasteiger partial charge < -0.3 is 14.9 Å². The molecule has 0 bridgehead atoms. The lowest BCUT2D eigenvalue weighted by atomic mass is 10.1. The average molecular weight is 303 g/mol. The van der Waals surface area contributed by atoms with Gasteiger partial charge in [-0.05, 0) is 32.8 Å². The second kappa shape index (κ2) is 5.40. The number of amides is 1. The van der Waals surface area contributed by atoms with E-state index in [1.165, 1.54) is 0 Å². The topological polar surface area (TPSA) is 105 Å². The Bertz CT molecular complexity index is 749. The van der Waals surface area contributed by atoms with Crippen LogP contribution in [0.1, 0.15) is 53.8 Å². The lowest BCUT2D eigenvalue weighted by Gasteiger charge is -2.12. The minimum Gasteiger partial charge on any atom is -0.481 e. The maximum Gasteiger partial charge on any atom is 0.305 e. The Kier molecular flexibility index (Phi) is 3.56. The van der Waals surface area contributed by atoms with Crippen molar-refractivity contribution in [3.8, 4) is 0 Å². The van der Waals surface area contributed by atoms with Crippen molar-refractivity contribution in [1.29, 1.82) is 0 Å². The zero-order valence-electron chi connectivity index (χ0n) is 12.4. The zero-order chi connectivity index (χ0) is 15.9. The normalized spacial score (nSPS) is 15.7. The SMILES string of the molecule is Cc1noc2nc(C3CC3)cc(C(=O)NC(C)CC(=O)O)c12. The van der Waals surface area contributed by atoms with Crippen LogP contribution in [-0.4, -0.2) is 33.2 Å². The molecule has 2 aromatic heterocycles. The number of rotatable bonds is 5. The molecular weight excluding hydrogens is 286 g/mol. The van der Waals surface area contributed by atoms with Gasteiger partial charge in [0.25, 0.3) is 11.6 Å². The number of carbonyl (C=O) groups is 2. The Hall–Kier alpha value is -2.44. The third kappa shape index (κ3) is 2.79. The monoisotopic (exact) mass is 303 g/mol. The molecule has 0 aliphatic heterocycles. The highest BCUT2D eigenvalue weighted by molar-refractivity contribution is 6.06. The van der Waals surface area contributed by atoms with Crippen molar-refractivity contribution in [3.05, 3.63) is 23.0 Å². The number of carbonyl (C=O) groups excluding carboxylic acids is 1. The molecule has 7 nitrogen and oxygen atoms in total. The fraction of sp³-hybridized carbons (Fsp3) is 0.467. The van der Waals surface area contributed by atoms with Gasteiger partial charge in [0, 0.05) is 17.7 Å². The molecule has 0 aromatic carbocycles. The number of nitrogens with zero attached hydrogens (tertiary/aromatic N) is 2. The highest BCUT2D eigenvalue weighted by atomic mass is 16.5. The van der Waals surface area contributed by atoms with E-state index in [0.717, 1.165) is 18.5 Å². The lowest BCUT2D eigenvalue weighted by molar-refractivity contribution is -0.137. The molecule has 2 aromatic rings. The second-order valence-electron chi connectivity index (χ2n) is 5.79. The average Bonchev–Trinajstić information content (AvgIpc) is 3.22. The molecule has 22 heavy (non-hydrogen) atoms. The van der Waals surface area contributed by atoms with E-state index in [1.54, 1.807) is 19.9 Å². The molecule has 1 aliphatic rings. The smallest absolute Gasteiger partial charge is 0.305 e. The number of aromatic nitrogens is 2. The Morgan fingerprint density at radius 2 is 2.23 bits per heavy atom. The first-order valence-electron chi connectivity index (χ1n) is 7.25. The number of hydrogen-bond donors (Lipinski definition) is 2. The lowest BCUT2D eigenvalue weighted by Crippen LogP contribution is -2.34. The Balaban J connectivity index is 1.95. The predicted octanol–water partition coefficient (Wildman–Crippen LogP) is 2.00. The number of pyridine rings is 1. The summed E-state index contributed by atoms with van der Waals surface area (Å²) < 4.78 is 5.19. The van der Waals surface area contributed by atoms with E-state index < -0.39 is 12.0 Å². The van der Waals surface area contributed by atoms with Gasteiger partial charge in [-0.3, -0.25) is 9.59 Å². The van der Waals surface area contributed by atoms with Crippen LogP contribution >= 0.6 is 0 Å².